The van der Waals surface area contributed by atoms with E-state index in [0.29, 0.717) is 28.8 Å². The third-order valence-electron chi connectivity index (χ3n) is 3.88. The molecule has 0 fully saturated rings. The van der Waals surface area contributed by atoms with Gasteiger partial charge in [0.15, 0.2) is 5.13 Å². The summed E-state index contributed by atoms with van der Waals surface area (Å²) in [5, 5.41) is 8.17. The van der Waals surface area contributed by atoms with Crippen LogP contribution in [0, 0.1) is 0 Å². The van der Waals surface area contributed by atoms with E-state index in [1.807, 2.05) is 18.2 Å². The largest absolute Gasteiger partial charge is 0.352 e. The number of carbonyl (C=O) groups excluding carboxylic acids is 2. The highest BCUT2D eigenvalue weighted by atomic mass is 35.5. The number of aromatic nitrogens is 2. The standard InChI is InChI=1S/C19H17ClN4O3S/c20-15-6-2-1-4-12(15)10-22-16(25)8-7-13-11-28-19(23-13)24-18(27)14-5-3-9-21-17(14)26/h1-6,9,11H,7-8,10H2,(H,21,26)(H,22,25)(H,23,24,27). The van der Waals surface area contributed by atoms with E-state index in [-0.39, 0.29) is 17.9 Å². The van der Waals surface area contributed by atoms with E-state index in [1.54, 1.807) is 17.5 Å². The summed E-state index contributed by atoms with van der Waals surface area (Å²) in [6, 6.07) is 10.3. The van der Waals surface area contributed by atoms with E-state index in [2.05, 4.69) is 20.6 Å². The smallest absolute Gasteiger partial charge is 0.263 e. The number of aryl methyl sites for hydroxylation is 1. The summed E-state index contributed by atoms with van der Waals surface area (Å²) in [6.45, 7) is 0.364. The Morgan fingerprint density at radius 3 is 2.79 bits per heavy atom. The molecule has 7 nitrogen and oxygen atoms in total. The van der Waals surface area contributed by atoms with Crippen LogP contribution in [0.1, 0.15) is 28.0 Å². The third kappa shape index (κ3) is 5.28. The second-order valence-electron chi connectivity index (χ2n) is 5.88. The quantitative estimate of drug-likeness (QED) is 0.550. The summed E-state index contributed by atoms with van der Waals surface area (Å²) >= 11 is 7.30. The van der Waals surface area contributed by atoms with E-state index in [4.69, 9.17) is 11.6 Å². The number of H-pyrrole nitrogens is 1. The Kier molecular flexibility index (Phi) is 6.57. The van der Waals surface area contributed by atoms with Crippen LogP contribution in [0.5, 0.6) is 0 Å². The molecule has 3 rings (SSSR count). The van der Waals surface area contributed by atoms with E-state index >= 15 is 0 Å². The summed E-state index contributed by atoms with van der Waals surface area (Å²) in [7, 11) is 0. The molecule has 0 spiro atoms. The van der Waals surface area contributed by atoms with E-state index in [1.165, 1.54) is 23.6 Å². The molecule has 3 N–H and O–H groups in total. The summed E-state index contributed by atoms with van der Waals surface area (Å²) in [6.07, 6.45) is 2.16. The molecule has 144 valence electrons. The normalized spacial score (nSPS) is 10.5. The maximum atomic E-state index is 12.1. The van der Waals surface area contributed by atoms with Crippen molar-refractivity contribution in [1.29, 1.82) is 0 Å². The van der Waals surface area contributed by atoms with Crippen molar-refractivity contribution >= 4 is 39.9 Å². The van der Waals surface area contributed by atoms with Gasteiger partial charge in [-0.1, -0.05) is 29.8 Å². The third-order valence-corrected chi connectivity index (χ3v) is 5.05. The molecule has 1 aromatic carbocycles. The van der Waals surface area contributed by atoms with Crippen molar-refractivity contribution in [3.63, 3.8) is 0 Å². The topological polar surface area (TPSA) is 104 Å². The summed E-state index contributed by atoms with van der Waals surface area (Å²) in [5.41, 5.74) is 1.09. The number of nitrogens with one attached hydrogen (secondary N) is 3. The van der Waals surface area contributed by atoms with Crippen molar-refractivity contribution in [1.82, 2.24) is 15.3 Å². The molecule has 0 saturated heterocycles. The van der Waals surface area contributed by atoms with Gasteiger partial charge >= 0.3 is 0 Å². The second kappa shape index (κ2) is 9.29. The zero-order valence-electron chi connectivity index (χ0n) is 14.7. The Hall–Kier alpha value is -2.97. The van der Waals surface area contributed by atoms with E-state index in [0.717, 1.165) is 5.56 Å². The number of thiazole rings is 1. The predicted molar refractivity (Wildman–Crippen MR) is 109 cm³/mol. The van der Waals surface area contributed by atoms with Crippen molar-refractivity contribution in [3.05, 3.63) is 80.2 Å². The van der Waals surface area contributed by atoms with Crippen LogP contribution in [-0.4, -0.2) is 21.8 Å². The number of nitrogens with zero attached hydrogens (tertiary/aromatic N) is 1. The maximum Gasteiger partial charge on any atom is 0.263 e. The van der Waals surface area contributed by atoms with Gasteiger partial charge in [-0.2, -0.15) is 0 Å². The molecule has 0 atom stereocenters. The first-order valence-corrected chi connectivity index (χ1v) is 9.72. The molecule has 2 aromatic heterocycles. The van der Waals surface area contributed by atoms with Crippen LogP contribution in [0.15, 0.2) is 52.8 Å². The number of carbonyl (C=O) groups is 2. The Labute approximate surface area is 169 Å². The SMILES string of the molecule is O=C(CCc1csc(NC(=O)c2ccc[nH]c2=O)n1)NCc1ccccc1Cl. The lowest BCUT2D eigenvalue weighted by molar-refractivity contribution is -0.121. The fourth-order valence-electron chi connectivity index (χ4n) is 2.41. The van der Waals surface area contributed by atoms with E-state index in [9.17, 15) is 14.4 Å². The Morgan fingerprint density at radius 2 is 2.00 bits per heavy atom. The fraction of sp³-hybridized carbons (Fsp3) is 0.158. The monoisotopic (exact) mass is 416 g/mol. The highest BCUT2D eigenvalue weighted by Crippen LogP contribution is 2.17. The molecule has 0 saturated carbocycles. The van der Waals surface area contributed by atoms with Gasteiger partial charge in [-0.3, -0.25) is 19.7 Å². The molecular weight excluding hydrogens is 400 g/mol. The summed E-state index contributed by atoms with van der Waals surface area (Å²) in [5.74, 6) is -0.644. The number of hydrogen-bond acceptors (Lipinski definition) is 5. The van der Waals surface area contributed by atoms with Crippen molar-refractivity contribution in [2.75, 3.05) is 5.32 Å². The number of aromatic amines is 1. The zero-order chi connectivity index (χ0) is 19.9. The van der Waals surface area contributed by atoms with Gasteiger partial charge in [0.1, 0.15) is 5.56 Å². The average Bonchev–Trinajstić information content (AvgIpc) is 3.13. The lowest BCUT2D eigenvalue weighted by Gasteiger charge is -2.06. The van der Waals surface area contributed by atoms with Gasteiger partial charge < -0.3 is 10.3 Å². The zero-order valence-corrected chi connectivity index (χ0v) is 16.3. The highest BCUT2D eigenvalue weighted by Gasteiger charge is 2.13. The molecule has 0 aliphatic carbocycles. The lowest BCUT2D eigenvalue weighted by atomic mass is 10.2. The van der Waals surface area contributed by atoms with Crippen LogP contribution in [0.2, 0.25) is 5.02 Å². The average molecular weight is 417 g/mol. The molecule has 0 bridgehead atoms. The molecule has 0 radical (unpaired) electrons. The molecule has 28 heavy (non-hydrogen) atoms. The number of pyridine rings is 1. The molecule has 2 heterocycles. The van der Waals surface area contributed by atoms with Gasteiger partial charge in [0.2, 0.25) is 5.91 Å². The Bertz CT molecular complexity index is 1050. The predicted octanol–water partition coefficient (Wildman–Crippen LogP) is 2.99. The van der Waals surface area contributed by atoms with E-state index < -0.39 is 11.5 Å². The highest BCUT2D eigenvalue weighted by molar-refractivity contribution is 7.14. The number of rotatable bonds is 7. The molecule has 2 amide bonds. The first-order chi connectivity index (χ1) is 13.5. The van der Waals surface area contributed by atoms with Gasteiger partial charge in [0, 0.05) is 29.6 Å². The van der Waals surface area contributed by atoms with Crippen LogP contribution in [-0.2, 0) is 17.8 Å². The molecule has 0 unspecified atom stereocenters. The maximum absolute atomic E-state index is 12.1. The number of benzene rings is 1. The number of hydrogen-bond donors (Lipinski definition) is 3. The minimum Gasteiger partial charge on any atom is -0.352 e. The van der Waals surface area contributed by atoms with Gasteiger partial charge in [-0.15, -0.1) is 11.3 Å². The van der Waals surface area contributed by atoms with Crippen LogP contribution in [0.4, 0.5) is 5.13 Å². The lowest BCUT2D eigenvalue weighted by Crippen LogP contribution is -2.23. The van der Waals surface area contributed by atoms with Crippen molar-refractivity contribution in [2.24, 2.45) is 0 Å². The molecule has 0 aliphatic heterocycles. The summed E-state index contributed by atoms with van der Waals surface area (Å²) < 4.78 is 0. The minimum atomic E-state index is -0.528. The Balaban J connectivity index is 1.48. The summed E-state index contributed by atoms with van der Waals surface area (Å²) in [4.78, 5) is 42.5. The number of anilines is 1. The molecule has 0 aliphatic rings. The van der Waals surface area contributed by atoms with Crippen LogP contribution < -0.4 is 16.2 Å². The van der Waals surface area contributed by atoms with Gasteiger partial charge in [0.05, 0.1) is 5.69 Å². The first-order valence-electron chi connectivity index (χ1n) is 8.46. The van der Waals surface area contributed by atoms with Crippen molar-refractivity contribution in [2.45, 2.75) is 19.4 Å². The molecular formula is C19H17ClN4O3S. The van der Waals surface area contributed by atoms with Gasteiger partial charge in [0.25, 0.3) is 11.5 Å². The minimum absolute atomic E-state index is 0.0122. The first kappa shape index (κ1) is 19.8. The number of amides is 2. The van der Waals surface area contributed by atoms with Crippen molar-refractivity contribution < 1.29 is 9.59 Å². The fourth-order valence-corrected chi connectivity index (χ4v) is 3.35. The second-order valence-corrected chi connectivity index (χ2v) is 7.14. The molecule has 3 aromatic rings. The number of halogens is 1. The molecule has 9 heteroatoms. The Morgan fingerprint density at radius 1 is 1.18 bits per heavy atom. The van der Waals surface area contributed by atoms with Crippen LogP contribution >= 0.6 is 22.9 Å². The van der Waals surface area contributed by atoms with Crippen LogP contribution in [0.3, 0.4) is 0 Å². The van der Waals surface area contributed by atoms with Crippen LogP contribution in [0.25, 0.3) is 0 Å². The van der Waals surface area contributed by atoms with Gasteiger partial charge in [-0.05, 0) is 30.2 Å². The van der Waals surface area contributed by atoms with Crippen molar-refractivity contribution in [3.8, 4) is 0 Å². The van der Waals surface area contributed by atoms with Gasteiger partial charge in [-0.25, -0.2) is 4.98 Å².